The van der Waals surface area contributed by atoms with Crippen molar-refractivity contribution in [3.63, 3.8) is 0 Å². The fourth-order valence-corrected chi connectivity index (χ4v) is 3.63. The van der Waals surface area contributed by atoms with Crippen molar-refractivity contribution < 1.29 is 0 Å². The molecule has 0 aliphatic carbocycles. The summed E-state index contributed by atoms with van der Waals surface area (Å²) in [5.74, 6) is 0. The van der Waals surface area contributed by atoms with Gasteiger partial charge in [-0.15, -0.1) is 5.10 Å². The fourth-order valence-electron chi connectivity index (χ4n) is 2.65. The molecular weight excluding hydrogens is 286 g/mol. The van der Waals surface area contributed by atoms with E-state index in [2.05, 4.69) is 31.2 Å². The lowest BCUT2D eigenvalue weighted by atomic mass is 10.3. The fraction of sp³-hybridized carbons (Fsp3) is 0.462. The number of imidazole rings is 1. The van der Waals surface area contributed by atoms with Crippen LogP contribution in [0.3, 0.4) is 0 Å². The second-order valence-electron chi connectivity index (χ2n) is 5.34. The molecule has 7 nitrogen and oxygen atoms in total. The summed E-state index contributed by atoms with van der Waals surface area (Å²) < 4.78 is 3.72. The Morgan fingerprint density at radius 1 is 1.10 bits per heavy atom. The second kappa shape index (κ2) is 4.73. The molecule has 8 heteroatoms. The molecule has 1 saturated heterocycles. The molecule has 1 fully saturated rings. The summed E-state index contributed by atoms with van der Waals surface area (Å²) in [7, 11) is 1.95. The van der Waals surface area contributed by atoms with Gasteiger partial charge in [-0.25, -0.2) is 9.50 Å². The lowest BCUT2D eigenvalue weighted by molar-refractivity contribution is 0.647. The standard InChI is InChI=1S/C13H17N7S/c1-10-8-20-12(15-10)21-13(16-20)19-5-3-18(4-6-19)11-7-14-17(2)9-11/h7-9H,3-6H2,1-2H3. The first kappa shape index (κ1) is 12.6. The molecule has 0 saturated carbocycles. The van der Waals surface area contributed by atoms with Crippen molar-refractivity contribution in [2.45, 2.75) is 6.92 Å². The maximum Gasteiger partial charge on any atom is 0.214 e. The zero-order valence-electron chi connectivity index (χ0n) is 12.1. The monoisotopic (exact) mass is 303 g/mol. The minimum atomic E-state index is 0.970. The van der Waals surface area contributed by atoms with E-state index in [0.29, 0.717) is 0 Å². The molecule has 1 aliphatic heterocycles. The molecule has 0 aromatic carbocycles. The van der Waals surface area contributed by atoms with Gasteiger partial charge in [0.05, 0.1) is 23.8 Å². The third-order valence-corrected chi connectivity index (χ3v) is 4.74. The Labute approximate surface area is 126 Å². The van der Waals surface area contributed by atoms with Crippen LogP contribution in [-0.2, 0) is 7.05 Å². The van der Waals surface area contributed by atoms with E-state index in [1.807, 2.05) is 35.6 Å². The van der Waals surface area contributed by atoms with Crippen LogP contribution in [-0.4, -0.2) is 50.6 Å². The van der Waals surface area contributed by atoms with Gasteiger partial charge in [-0.1, -0.05) is 11.3 Å². The van der Waals surface area contributed by atoms with Crippen LogP contribution in [0.2, 0.25) is 0 Å². The van der Waals surface area contributed by atoms with Crippen LogP contribution in [0.1, 0.15) is 5.69 Å². The van der Waals surface area contributed by atoms with E-state index in [0.717, 1.165) is 42.0 Å². The molecule has 110 valence electrons. The maximum absolute atomic E-state index is 4.62. The molecule has 0 atom stereocenters. The van der Waals surface area contributed by atoms with Crippen LogP contribution in [0, 0.1) is 6.92 Å². The number of aryl methyl sites for hydroxylation is 2. The smallest absolute Gasteiger partial charge is 0.214 e. The van der Waals surface area contributed by atoms with Gasteiger partial charge in [-0.3, -0.25) is 4.68 Å². The van der Waals surface area contributed by atoms with Crippen LogP contribution < -0.4 is 9.80 Å². The molecule has 0 amide bonds. The van der Waals surface area contributed by atoms with Crippen molar-refractivity contribution >= 4 is 27.1 Å². The quantitative estimate of drug-likeness (QED) is 0.711. The summed E-state index contributed by atoms with van der Waals surface area (Å²) in [6.45, 7) is 5.93. The topological polar surface area (TPSA) is 54.5 Å². The normalized spacial score (nSPS) is 16.1. The highest BCUT2D eigenvalue weighted by Gasteiger charge is 2.21. The Morgan fingerprint density at radius 2 is 1.86 bits per heavy atom. The number of piperazine rings is 1. The third-order valence-electron chi connectivity index (χ3n) is 3.76. The predicted molar refractivity (Wildman–Crippen MR) is 83.2 cm³/mol. The summed E-state index contributed by atoms with van der Waals surface area (Å²) in [6, 6.07) is 0. The van der Waals surface area contributed by atoms with Crippen molar-refractivity contribution in [1.29, 1.82) is 0 Å². The molecule has 0 bridgehead atoms. The van der Waals surface area contributed by atoms with E-state index in [4.69, 9.17) is 0 Å². The van der Waals surface area contributed by atoms with Crippen molar-refractivity contribution in [1.82, 2.24) is 24.4 Å². The third kappa shape index (κ3) is 2.25. The largest absolute Gasteiger partial charge is 0.365 e. The first-order valence-electron chi connectivity index (χ1n) is 7.00. The Kier molecular flexibility index (Phi) is 2.85. The molecule has 21 heavy (non-hydrogen) atoms. The van der Waals surface area contributed by atoms with Crippen LogP contribution >= 0.6 is 11.3 Å². The Morgan fingerprint density at radius 3 is 2.52 bits per heavy atom. The number of hydrogen-bond donors (Lipinski definition) is 0. The Balaban J connectivity index is 1.47. The predicted octanol–water partition coefficient (Wildman–Crippen LogP) is 1.16. The van der Waals surface area contributed by atoms with Crippen molar-refractivity contribution in [3.05, 3.63) is 24.3 Å². The van der Waals surface area contributed by atoms with Crippen LogP contribution in [0.15, 0.2) is 18.6 Å². The average molecular weight is 303 g/mol. The number of aromatic nitrogens is 5. The molecule has 3 aromatic heterocycles. The molecule has 0 spiro atoms. The average Bonchev–Trinajstić information content (AvgIpc) is 3.13. The summed E-state index contributed by atoms with van der Waals surface area (Å²) in [5, 5.41) is 9.92. The zero-order chi connectivity index (χ0) is 14.4. The number of fused-ring (bicyclic) bond motifs is 1. The van der Waals surface area contributed by atoms with E-state index >= 15 is 0 Å². The lowest BCUT2D eigenvalue weighted by Gasteiger charge is -2.34. The van der Waals surface area contributed by atoms with Crippen LogP contribution in [0.4, 0.5) is 10.8 Å². The minimum absolute atomic E-state index is 0.970. The van der Waals surface area contributed by atoms with Crippen molar-refractivity contribution in [3.8, 4) is 0 Å². The molecule has 1 aliphatic rings. The molecule has 4 rings (SSSR count). The second-order valence-corrected chi connectivity index (χ2v) is 6.27. The van der Waals surface area contributed by atoms with Gasteiger partial charge in [0, 0.05) is 39.4 Å². The summed E-state index contributed by atoms with van der Waals surface area (Å²) in [4.78, 5) is 10.1. The lowest BCUT2D eigenvalue weighted by Crippen LogP contribution is -2.46. The summed E-state index contributed by atoms with van der Waals surface area (Å²) >= 11 is 1.66. The molecule has 4 heterocycles. The Bertz CT molecular complexity index is 731. The van der Waals surface area contributed by atoms with Gasteiger partial charge >= 0.3 is 0 Å². The van der Waals surface area contributed by atoms with Crippen molar-refractivity contribution in [2.24, 2.45) is 7.05 Å². The molecule has 3 aromatic rings. The van der Waals surface area contributed by atoms with Gasteiger partial charge in [-0.05, 0) is 6.92 Å². The van der Waals surface area contributed by atoms with Gasteiger partial charge < -0.3 is 9.80 Å². The van der Waals surface area contributed by atoms with Gasteiger partial charge in [0.1, 0.15) is 0 Å². The number of nitrogens with zero attached hydrogens (tertiary/aromatic N) is 7. The van der Waals surface area contributed by atoms with Gasteiger partial charge in [0.15, 0.2) is 0 Å². The minimum Gasteiger partial charge on any atom is -0.365 e. The Hall–Kier alpha value is -2.09. The molecule has 0 unspecified atom stereocenters. The zero-order valence-corrected chi connectivity index (χ0v) is 12.9. The number of hydrogen-bond acceptors (Lipinski definition) is 6. The SMILES string of the molecule is Cc1cn2nc(N3CCN(c4cnn(C)c4)CC3)sc2n1. The van der Waals surface area contributed by atoms with E-state index in [1.54, 1.807) is 11.3 Å². The highest BCUT2D eigenvalue weighted by atomic mass is 32.1. The summed E-state index contributed by atoms with van der Waals surface area (Å²) in [6.07, 6.45) is 5.97. The van der Waals surface area contributed by atoms with Gasteiger partial charge in [-0.2, -0.15) is 5.10 Å². The van der Waals surface area contributed by atoms with E-state index < -0.39 is 0 Å². The maximum atomic E-state index is 4.62. The van der Waals surface area contributed by atoms with E-state index in [-0.39, 0.29) is 0 Å². The molecule has 0 radical (unpaired) electrons. The molecule has 0 N–H and O–H groups in total. The highest BCUT2D eigenvalue weighted by Crippen LogP contribution is 2.25. The first-order chi connectivity index (χ1) is 10.2. The molecular formula is C13H17N7S. The number of anilines is 2. The van der Waals surface area contributed by atoms with Crippen molar-refractivity contribution in [2.75, 3.05) is 36.0 Å². The number of rotatable bonds is 2. The highest BCUT2D eigenvalue weighted by molar-refractivity contribution is 7.20. The van der Waals surface area contributed by atoms with Crippen LogP contribution in [0.25, 0.3) is 4.96 Å². The van der Waals surface area contributed by atoms with E-state index in [9.17, 15) is 0 Å². The van der Waals surface area contributed by atoms with Gasteiger partial charge in [0.2, 0.25) is 10.1 Å². The first-order valence-corrected chi connectivity index (χ1v) is 7.82. The van der Waals surface area contributed by atoms with E-state index in [1.165, 1.54) is 5.69 Å². The van der Waals surface area contributed by atoms with Crippen LogP contribution in [0.5, 0.6) is 0 Å². The summed E-state index contributed by atoms with van der Waals surface area (Å²) in [5.41, 5.74) is 2.21. The van der Waals surface area contributed by atoms with Gasteiger partial charge in [0.25, 0.3) is 0 Å².